The maximum Gasteiger partial charge on any atom is 0.197 e. The van der Waals surface area contributed by atoms with Crippen molar-refractivity contribution in [3.05, 3.63) is 58.7 Å². The zero-order valence-electron chi connectivity index (χ0n) is 12.9. The maximum absolute atomic E-state index is 12.8. The first-order valence-corrected chi connectivity index (χ1v) is 7.07. The molecule has 0 aliphatic rings. The molecule has 0 amide bonds. The van der Waals surface area contributed by atoms with Crippen molar-refractivity contribution in [1.29, 1.82) is 0 Å². The summed E-state index contributed by atoms with van der Waals surface area (Å²) in [5.74, 6) is 0.608. The summed E-state index contributed by atoms with van der Waals surface area (Å²) in [6, 6.07) is 11.0. The average molecular weight is 283 g/mol. The molecular weight excluding hydrogens is 262 g/mol. The Balaban J connectivity index is 2.57. The number of aryl methyl sites for hydroxylation is 2. The lowest BCUT2D eigenvalue weighted by Gasteiger charge is -2.18. The van der Waals surface area contributed by atoms with Crippen LogP contribution < -0.4 is 10.5 Å². The molecule has 0 spiro atoms. The lowest BCUT2D eigenvalue weighted by Crippen LogP contribution is -2.13. The number of ketones is 1. The minimum atomic E-state index is -0.0563. The van der Waals surface area contributed by atoms with Crippen molar-refractivity contribution in [2.75, 3.05) is 5.73 Å². The van der Waals surface area contributed by atoms with E-state index in [2.05, 4.69) is 0 Å². The molecule has 0 fully saturated rings. The summed E-state index contributed by atoms with van der Waals surface area (Å²) in [6.07, 6.45) is 0.0119. The molecule has 2 N–H and O–H groups in total. The second-order valence-electron chi connectivity index (χ2n) is 5.52. The van der Waals surface area contributed by atoms with Crippen LogP contribution in [-0.4, -0.2) is 11.9 Å². The number of nitrogen functional groups attached to an aromatic ring is 1. The fraction of sp³-hybridized carbons (Fsp3) is 0.278. The lowest BCUT2D eigenvalue weighted by atomic mass is 9.95. The maximum atomic E-state index is 12.8. The molecule has 0 atom stereocenters. The predicted molar refractivity (Wildman–Crippen MR) is 86.0 cm³/mol. The van der Waals surface area contributed by atoms with E-state index in [9.17, 15) is 4.79 Å². The summed E-state index contributed by atoms with van der Waals surface area (Å²) in [4.78, 5) is 12.8. The van der Waals surface area contributed by atoms with Gasteiger partial charge in [0.15, 0.2) is 5.78 Å². The number of rotatable bonds is 4. The van der Waals surface area contributed by atoms with Gasteiger partial charge in [-0.2, -0.15) is 0 Å². The van der Waals surface area contributed by atoms with Crippen molar-refractivity contribution >= 4 is 11.5 Å². The van der Waals surface area contributed by atoms with Gasteiger partial charge in [0, 0.05) is 11.3 Å². The molecule has 0 saturated heterocycles. The van der Waals surface area contributed by atoms with Crippen LogP contribution in [0.5, 0.6) is 5.75 Å². The summed E-state index contributed by atoms with van der Waals surface area (Å²) >= 11 is 0. The fourth-order valence-electron chi connectivity index (χ4n) is 2.28. The average Bonchev–Trinajstić information content (AvgIpc) is 2.42. The molecule has 110 valence electrons. The first-order chi connectivity index (χ1) is 9.90. The van der Waals surface area contributed by atoms with Crippen LogP contribution in [0.2, 0.25) is 0 Å². The third kappa shape index (κ3) is 3.24. The molecule has 3 heteroatoms. The molecule has 2 aromatic rings. The minimum Gasteiger partial charge on any atom is -0.490 e. The minimum absolute atomic E-state index is 0.0119. The van der Waals surface area contributed by atoms with Crippen LogP contribution in [0.15, 0.2) is 36.4 Å². The molecule has 0 unspecified atom stereocenters. The van der Waals surface area contributed by atoms with Gasteiger partial charge in [-0.25, -0.2) is 0 Å². The Hall–Kier alpha value is -2.29. The molecule has 0 heterocycles. The third-order valence-corrected chi connectivity index (χ3v) is 3.29. The van der Waals surface area contributed by atoms with Gasteiger partial charge in [0.25, 0.3) is 0 Å². The number of benzene rings is 2. The van der Waals surface area contributed by atoms with Crippen LogP contribution in [0, 0.1) is 13.8 Å². The largest absolute Gasteiger partial charge is 0.490 e. The normalized spacial score (nSPS) is 10.7. The summed E-state index contributed by atoms with van der Waals surface area (Å²) < 4.78 is 5.88. The van der Waals surface area contributed by atoms with E-state index in [4.69, 9.17) is 10.5 Å². The van der Waals surface area contributed by atoms with Gasteiger partial charge in [0.2, 0.25) is 0 Å². The van der Waals surface area contributed by atoms with Gasteiger partial charge >= 0.3 is 0 Å². The van der Waals surface area contributed by atoms with Crippen LogP contribution in [0.25, 0.3) is 0 Å². The summed E-state index contributed by atoms with van der Waals surface area (Å²) in [5, 5.41) is 0. The number of carbonyl (C=O) groups is 1. The predicted octanol–water partition coefficient (Wildman–Crippen LogP) is 3.90. The molecule has 0 aliphatic carbocycles. The second-order valence-corrected chi connectivity index (χ2v) is 5.52. The number of hydrogen-bond acceptors (Lipinski definition) is 3. The standard InChI is InChI=1S/C18H21NO2/c1-11(2)21-18-13(4)9-8-12(3)16(18)17(20)14-6-5-7-15(19)10-14/h5-11H,19H2,1-4H3. The molecule has 0 radical (unpaired) electrons. The van der Waals surface area contributed by atoms with Crippen LogP contribution in [0.1, 0.15) is 40.9 Å². The fourth-order valence-corrected chi connectivity index (χ4v) is 2.28. The van der Waals surface area contributed by atoms with Gasteiger partial charge in [0.1, 0.15) is 5.75 Å². The molecule has 2 rings (SSSR count). The zero-order valence-corrected chi connectivity index (χ0v) is 12.9. The third-order valence-electron chi connectivity index (χ3n) is 3.29. The van der Waals surface area contributed by atoms with E-state index >= 15 is 0 Å². The Morgan fingerprint density at radius 1 is 1.10 bits per heavy atom. The topological polar surface area (TPSA) is 52.3 Å². The van der Waals surface area contributed by atoms with E-state index < -0.39 is 0 Å². The molecule has 2 aromatic carbocycles. The van der Waals surface area contributed by atoms with E-state index in [1.165, 1.54) is 0 Å². The Morgan fingerprint density at radius 3 is 2.38 bits per heavy atom. The molecular formula is C18H21NO2. The Bertz CT molecular complexity index is 675. The van der Waals surface area contributed by atoms with E-state index in [1.54, 1.807) is 24.3 Å². The molecule has 0 saturated carbocycles. The van der Waals surface area contributed by atoms with Gasteiger partial charge in [-0.1, -0.05) is 24.3 Å². The van der Waals surface area contributed by atoms with Gasteiger partial charge in [-0.05, 0) is 51.0 Å². The Kier molecular flexibility index (Phi) is 4.32. The van der Waals surface area contributed by atoms with Gasteiger partial charge in [-0.15, -0.1) is 0 Å². The first kappa shape index (κ1) is 15.1. The highest BCUT2D eigenvalue weighted by atomic mass is 16.5. The highest BCUT2D eigenvalue weighted by Gasteiger charge is 2.20. The van der Waals surface area contributed by atoms with Crippen molar-refractivity contribution in [1.82, 2.24) is 0 Å². The number of anilines is 1. The summed E-state index contributed by atoms with van der Waals surface area (Å²) in [5.41, 5.74) is 9.43. The zero-order chi connectivity index (χ0) is 15.6. The molecule has 3 nitrogen and oxygen atoms in total. The van der Waals surface area contributed by atoms with Gasteiger partial charge in [-0.3, -0.25) is 4.79 Å². The quantitative estimate of drug-likeness (QED) is 0.684. The van der Waals surface area contributed by atoms with E-state index in [-0.39, 0.29) is 11.9 Å². The number of carbonyl (C=O) groups excluding carboxylic acids is 1. The van der Waals surface area contributed by atoms with E-state index in [0.717, 1.165) is 11.1 Å². The molecule has 0 aliphatic heterocycles. The highest BCUT2D eigenvalue weighted by Crippen LogP contribution is 2.30. The molecule has 0 aromatic heterocycles. The highest BCUT2D eigenvalue weighted by molar-refractivity contribution is 6.12. The monoisotopic (exact) mass is 283 g/mol. The second kappa shape index (κ2) is 6.00. The SMILES string of the molecule is Cc1ccc(C)c(C(=O)c2cccc(N)c2)c1OC(C)C. The van der Waals surface area contributed by atoms with Crippen molar-refractivity contribution in [2.24, 2.45) is 0 Å². The summed E-state index contributed by atoms with van der Waals surface area (Å²) in [7, 11) is 0. The lowest BCUT2D eigenvalue weighted by molar-refractivity contribution is 0.103. The van der Waals surface area contributed by atoms with Crippen molar-refractivity contribution in [3.63, 3.8) is 0 Å². The molecule has 21 heavy (non-hydrogen) atoms. The number of nitrogens with two attached hydrogens (primary N) is 1. The van der Waals surface area contributed by atoms with Crippen molar-refractivity contribution < 1.29 is 9.53 Å². The van der Waals surface area contributed by atoms with E-state index in [1.807, 2.05) is 39.8 Å². The van der Waals surface area contributed by atoms with Crippen molar-refractivity contribution in [3.8, 4) is 5.75 Å². The number of hydrogen-bond donors (Lipinski definition) is 1. The van der Waals surface area contributed by atoms with Crippen LogP contribution in [0.3, 0.4) is 0 Å². The van der Waals surface area contributed by atoms with Crippen LogP contribution in [0.4, 0.5) is 5.69 Å². The first-order valence-electron chi connectivity index (χ1n) is 7.07. The Labute approximate surface area is 125 Å². The van der Waals surface area contributed by atoms with Crippen LogP contribution in [-0.2, 0) is 0 Å². The number of ether oxygens (including phenoxy) is 1. The van der Waals surface area contributed by atoms with Crippen LogP contribution >= 0.6 is 0 Å². The van der Waals surface area contributed by atoms with E-state index in [0.29, 0.717) is 22.6 Å². The van der Waals surface area contributed by atoms with Gasteiger partial charge in [0.05, 0.1) is 11.7 Å². The summed E-state index contributed by atoms with van der Waals surface area (Å²) in [6.45, 7) is 7.78. The smallest absolute Gasteiger partial charge is 0.197 e. The molecule has 0 bridgehead atoms. The van der Waals surface area contributed by atoms with Gasteiger partial charge < -0.3 is 10.5 Å². The van der Waals surface area contributed by atoms with Crippen molar-refractivity contribution in [2.45, 2.75) is 33.8 Å². The Morgan fingerprint density at radius 2 is 1.76 bits per heavy atom.